The van der Waals surface area contributed by atoms with Crippen LogP contribution in [0.3, 0.4) is 0 Å². The van der Waals surface area contributed by atoms with Crippen LogP contribution in [0.2, 0.25) is 5.02 Å². The second-order valence-electron chi connectivity index (χ2n) is 9.16. The molecule has 0 aliphatic carbocycles. The van der Waals surface area contributed by atoms with Gasteiger partial charge in [0.15, 0.2) is 0 Å². The summed E-state index contributed by atoms with van der Waals surface area (Å²) in [4.78, 5) is 34.4. The van der Waals surface area contributed by atoms with Crippen molar-refractivity contribution >= 4 is 44.1 Å². The lowest BCUT2D eigenvalue weighted by atomic mass is 10.2. The molecule has 0 N–H and O–H groups in total. The molecule has 0 saturated carbocycles. The van der Waals surface area contributed by atoms with Crippen LogP contribution in [0.15, 0.2) is 64.2 Å². The fraction of sp³-hybridized carbons (Fsp3) is 0.296. The molecule has 4 heterocycles. The number of halogens is 1. The Balaban J connectivity index is 1.53. The lowest BCUT2D eigenvalue weighted by Crippen LogP contribution is -2.39. The number of aromatic nitrogens is 4. The van der Waals surface area contributed by atoms with Gasteiger partial charge in [0.05, 0.1) is 40.9 Å². The van der Waals surface area contributed by atoms with Crippen LogP contribution >= 0.6 is 22.9 Å². The molecule has 1 saturated heterocycles. The Morgan fingerprint density at radius 2 is 1.78 bits per heavy atom. The zero-order chi connectivity index (χ0) is 25.5. The monoisotopic (exact) mass is 535 g/mol. The molecule has 8 nitrogen and oxygen atoms in total. The van der Waals surface area contributed by atoms with E-state index >= 15 is 0 Å². The Labute approximate surface area is 221 Å². The van der Waals surface area contributed by atoms with E-state index in [9.17, 15) is 9.59 Å². The standard InChI is InChI=1S/C27H26ClN5O3S/c1-18-25-22(16-24(34)31(18)11-10-30-12-14-36-15-13-30)32(17-19-6-2-3-7-20(19)28)33(26(25)35)27-29-21-8-4-5-9-23(21)37-27/h2-9,16H,10-15,17H2,1H3. The fourth-order valence-corrected chi connectivity index (χ4v) is 6.14. The van der Waals surface area contributed by atoms with Crippen molar-refractivity contribution in [2.24, 2.45) is 0 Å². The molecule has 0 radical (unpaired) electrons. The highest BCUT2D eigenvalue weighted by Gasteiger charge is 2.23. The van der Waals surface area contributed by atoms with E-state index in [0.29, 0.717) is 53.1 Å². The van der Waals surface area contributed by atoms with Crippen molar-refractivity contribution in [2.45, 2.75) is 20.0 Å². The zero-order valence-electron chi connectivity index (χ0n) is 20.4. The van der Waals surface area contributed by atoms with Gasteiger partial charge in [-0.1, -0.05) is 53.3 Å². The third-order valence-electron chi connectivity index (χ3n) is 6.96. The lowest BCUT2D eigenvalue weighted by Gasteiger charge is -2.27. The van der Waals surface area contributed by atoms with Gasteiger partial charge in [-0.2, -0.15) is 4.68 Å². The minimum Gasteiger partial charge on any atom is -0.379 e. The smallest absolute Gasteiger partial charge is 0.283 e. The van der Waals surface area contributed by atoms with Crippen molar-refractivity contribution in [3.63, 3.8) is 0 Å². The number of ether oxygens (including phenoxy) is 1. The number of benzene rings is 2. The van der Waals surface area contributed by atoms with Crippen molar-refractivity contribution in [1.82, 2.24) is 23.8 Å². The van der Waals surface area contributed by atoms with Gasteiger partial charge in [0.2, 0.25) is 5.13 Å². The molecule has 3 aromatic heterocycles. The Kier molecular flexibility index (Phi) is 6.46. The molecule has 6 rings (SSSR count). The van der Waals surface area contributed by atoms with E-state index < -0.39 is 0 Å². The van der Waals surface area contributed by atoms with Gasteiger partial charge in [0.1, 0.15) is 0 Å². The molecule has 0 spiro atoms. The van der Waals surface area contributed by atoms with E-state index in [1.54, 1.807) is 15.3 Å². The average Bonchev–Trinajstić information content (AvgIpc) is 3.44. The first kappa shape index (κ1) is 24.1. The first-order valence-electron chi connectivity index (χ1n) is 12.3. The number of aryl methyl sites for hydroxylation is 1. The fourth-order valence-electron chi connectivity index (χ4n) is 4.97. The maximum Gasteiger partial charge on any atom is 0.283 e. The van der Waals surface area contributed by atoms with Gasteiger partial charge in [-0.25, -0.2) is 4.98 Å². The molecule has 1 aliphatic rings. The number of hydrogen-bond donors (Lipinski definition) is 0. The summed E-state index contributed by atoms with van der Waals surface area (Å²) in [5.74, 6) is 0. The lowest BCUT2D eigenvalue weighted by molar-refractivity contribution is 0.0362. The van der Waals surface area contributed by atoms with E-state index in [2.05, 4.69) is 4.90 Å². The highest BCUT2D eigenvalue weighted by atomic mass is 35.5. The highest BCUT2D eigenvalue weighted by Crippen LogP contribution is 2.27. The minimum absolute atomic E-state index is 0.132. The molecule has 190 valence electrons. The molecule has 10 heteroatoms. The third-order valence-corrected chi connectivity index (χ3v) is 8.34. The Hall–Kier alpha value is -3.24. The van der Waals surface area contributed by atoms with E-state index in [0.717, 1.165) is 35.4 Å². The first-order chi connectivity index (χ1) is 18.0. The van der Waals surface area contributed by atoms with Gasteiger partial charge in [-0.05, 0) is 30.7 Å². The normalized spacial score (nSPS) is 14.6. The van der Waals surface area contributed by atoms with E-state index in [4.69, 9.17) is 21.3 Å². The maximum absolute atomic E-state index is 14.0. The van der Waals surface area contributed by atoms with Gasteiger partial charge in [-0.3, -0.25) is 19.2 Å². The maximum atomic E-state index is 14.0. The molecule has 0 atom stereocenters. The number of nitrogens with zero attached hydrogens (tertiary/aromatic N) is 5. The molecule has 1 aliphatic heterocycles. The van der Waals surface area contributed by atoms with Gasteiger partial charge in [-0.15, -0.1) is 0 Å². The predicted molar refractivity (Wildman–Crippen MR) is 148 cm³/mol. The van der Waals surface area contributed by atoms with Crippen molar-refractivity contribution < 1.29 is 4.74 Å². The summed E-state index contributed by atoms with van der Waals surface area (Å²) in [7, 11) is 0. The highest BCUT2D eigenvalue weighted by molar-refractivity contribution is 7.20. The van der Waals surface area contributed by atoms with Gasteiger partial charge in [0, 0.05) is 43.0 Å². The van der Waals surface area contributed by atoms with Gasteiger partial charge in [0.25, 0.3) is 11.1 Å². The average molecular weight is 536 g/mol. The SMILES string of the molecule is Cc1c2c(=O)n(-c3nc4ccccc4s3)n(Cc3ccccc3Cl)c2cc(=O)n1CCN1CCOCC1. The molecule has 0 unspecified atom stereocenters. The summed E-state index contributed by atoms with van der Waals surface area (Å²) >= 11 is 7.95. The molecule has 0 bridgehead atoms. The summed E-state index contributed by atoms with van der Waals surface area (Å²) in [5.41, 5.74) is 2.59. The summed E-state index contributed by atoms with van der Waals surface area (Å²) in [6, 6.07) is 16.9. The van der Waals surface area contributed by atoms with Crippen LogP contribution in [-0.4, -0.2) is 56.7 Å². The Morgan fingerprint density at radius 3 is 2.57 bits per heavy atom. The van der Waals surface area contributed by atoms with Crippen molar-refractivity contribution in [3.05, 3.63) is 91.6 Å². The molecule has 0 amide bonds. The van der Waals surface area contributed by atoms with Crippen molar-refractivity contribution in [2.75, 3.05) is 32.8 Å². The first-order valence-corrected chi connectivity index (χ1v) is 13.5. The summed E-state index contributed by atoms with van der Waals surface area (Å²) in [6.07, 6.45) is 0. The Bertz CT molecular complexity index is 1700. The van der Waals surface area contributed by atoms with Crippen LogP contribution in [0, 0.1) is 6.92 Å². The van der Waals surface area contributed by atoms with E-state index in [-0.39, 0.29) is 11.1 Å². The van der Waals surface area contributed by atoms with Crippen molar-refractivity contribution in [3.8, 4) is 5.13 Å². The van der Waals surface area contributed by atoms with Gasteiger partial charge < -0.3 is 9.30 Å². The van der Waals surface area contributed by atoms with Crippen LogP contribution in [0.5, 0.6) is 0 Å². The number of thiazole rings is 1. The number of fused-ring (bicyclic) bond motifs is 2. The molecule has 2 aromatic carbocycles. The second-order valence-corrected chi connectivity index (χ2v) is 10.6. The summed E-state index contributed by atoms with van der Waals surface area (Å²) in [6.45, 7) is 6.50. The molecule has 5 aromatic rings. The molecular formula is C27H26ClN5O3S. The van der Waals surface area contributed by atoms with Crippen LogP contribution in [-0.2, 0) is 17.8 Å². The predicted octanol–water partition coefficient (Wildman–Crippen LogP) is 3.91. The van der Waals surface area contributed by atoms with Crippen LogP contribution in [0.1, 0.15) is 11.3 Å². The second kappa shape index (κ2) is 9.90. The van der Waals surface area contributed by atoms with Gasteiger partial charge >= 0.3 is 0 Å². The number of hydrogen-bond acceptors (Lipinski definition) is 6. The van der Waals surface area contributed by atoms with Crippen LogP contribution < -0.4 is 11.1 Å². The van der Waals surface area contributed by atoms with Crippen LogP contribution in [0.4, 0.5) is 0 Å². The Morgan fingerprint density at radius 1 is 1.03 bits per heavy atom. The summed E-state index contributed by atoms with van der Waals surface area (Å²) in [5, 5.41) is 1.68. The number of pyridine rings is 1. The zero-order valence-corrected chi connectivity index (χ0v) is 22.0. The number of rotatable bonds is 6. The molecular weight excluding hydrogens is 510 g/mol. The van der Waals surface area contributed by atoms with Crippen LogP contribution in [0.25, 0.3) is 26.3 Å². The van der Waals surface area contributed by atoms with E-state index in [1.807, 2.05) is 60.1 Å². The summed E-state index contributed by atoms with van der Waals surface area (Å²) < 4.78 is 11.6. The molecule has 37 heavy (non-hydrogen) atoms. The topological polar surface area (TPSA) is 74.3 Å². The number of para-hydroxylation sites is 1. The van der Waals surface area contributed by atoms with E-state index in [1.165, 1.54) is 11.3 Å². The largest absolute Gasteiger partial charge is 0.379 e. The minimum atomic E-state index is -0.196. The third kappa shape index (κ3) is 4.42. The molecule has 1 fully saturated rings. The quantitative estimate of drug-likeness (QED) is 0.330. The van der Waals surface area contributed by atoms with Crippen molar-refractivity contribution in [1.29, 1.82) is 0 Å². The number of morpholine rings is 1.